The third kappa shape index (κ3) is 5.41. The number of piperidine rings is 1. The standard InChI is InChI=1S/C25H33N3O2/c1-20(22-7-9-24(10-8-22)28-15-17-30-18-16-28)26-25(29)23-11-13-27(14-12-23)19-21-5-3-2-4-6-21/h2-10,20,23H,11-19H2,1H3,(H,26,29). The minimum absolute atomic E-state index is 0.0265. The minimum Gasteiger partial charge on any atom is -0.378 e. The maximum atomic E-state index is 12.8. The number of amides is 1. The first-order valence-corrected chi connectivity index (χ1v) is 11.2. The first kappa shape index (κ1) is 20.9. The molecule has 0 aliphatic carbocycles. The summed E-state index contributed by atoms with van der Waals surface area (Å²) in [6, 6.07) is 19.2. The van der Waals surface area contributed by atoms with Crippen molar-refractivity contribution in [2.75, 3.05) is 44.3 Å². The van der Waals surface area contributed by atoms with E-state index in [0.717, 1.165) is 64.3 Å². The zero-order valence-corrected chi connectivity index (χ0v) is 17.9. The van der Waals surface area contributed by atoms with Crippen molar-refractivity contribution >= 4 is 11.6 Å². The van der Waals surface area contributed by atoms with Crippen molar-refractivity contribution in [2.24, 2.45) is 5.92 Å². The van der Waals surface area contributed by atoms with Crippen molar-refractivity contribution < 1.29 is 9.53 Å². The molecule has 0 aromatic heterocycles. The normalized spacial score (nSPS) is 19.4. The summed E-state index contributed by atoms with van der Waals surface area (Å²) in [5.74, 6) is 0.311. The third-order valence-electron chi connectivity index (χ3n) is 6.34. The molecule has 2 fully saturated rings. The smallest absolute Gasteiger partial charge is 0.223 e. The van der Waals surface area contributed by atoms with Crippen molar-refractivity contribution in [2.45, 2.75) is 32.4 Å². The Hall–Kier alpha value is -2.37. The number of benzene rings is 2. The lowest BCUT2D eigenvalue weighted by Gasteiger charge is -2.32. The van der Waals surface area contributed by atoms with Gasteiger partial charge in [-0.2, -0.15) is 0 Å². The molecule has 5 nitrogen and oxygen atoms in total. The molecule has 30 heavy (non-hydrogen) atoms. The van der Waals surface area contributed by atoms with Crippen LogP contribution in [0.3, 0.4) is 0 Å². The van der Waals surface area contributed by atoms with Crippen LogP contribution in [0.25, 0.3) is 0 Å². The predicted octanol–water partition coefficient (Wildman–Crippen LogP) is 3.61. The van der Waals surface area contributed by atoms with E-state index in [4.69, 9.17) is 4.74 Å². The topological polar surface area (TPSA) is 44.8 Å². The Kier molecular flexibility index (Phi) is 7.03. The molecular formula is C25H33N3O2. The molecule has 5 heteroatoms. The molecule has 2 heterocycles. The monoisotopic (exact) mass is 407 g/mol. The number of ether oxygens (including phenoxy) is 1. The lowest BCUT2D eigenvalue weighted by molar-refractivity contribution is -0.127. The van der Waals surface area contributed by atoms with Gasteiger partial charge in [-0.15, -0.1) is 0 Å². The highest BCUT2D eigenvalue weighted by Gasteiger charge is 2.26. The number of morpholine rings is 1. The fraction of sp³-hybridized carbons (Fsp3) is 0.480. The molecule has 1 amide bonds. The Labute approximate surface area is 180 Å². The number of nitrogens with zero attached hydrogens (tertiary/aromatic N) is 2. The summed E-state index contributed by atoms with van der Waals surface area (Å²) in [6.45, 7) is 8.47. The van der Waals surface area contributed by atoms with Crippen LogP contribution in [-0.4, -0.2) is 50.2 Å². The first-order valence-electron chi connectivity index (χ1n) is 11.2. The lowest BCUT2D eigenvalue weighted by atomic mass is 9.95. The number of anilines is 1. The molecule has 2 aromatic rings. The zero-order chi connectivity index (χ0) is 20.8. The van der Waals surface area contributed by atoms with Crippen LogP contribution >= 0.6 is 0 Å². The van der Waals surface area contributed by atoms with Crippen molar-refractivity contribution in [3.05, 3.63) is 65.7 Å². The Bertz CT molecular complexity index is 795. The Morgan fingerprint density at radius 1 is 1.00 bits per heavy atom. The Morgan fingerprint density at radius 2 is 1.67 bits per heavy atom. The fourth-order valence-corrected chi connectivity index (χ4v) is 4.40. The van der Waals surface area contributed by atoms with Gasteiger partial charge in [-0.1, -0.05) is 42.5 Å². The molecule has 2 aliphatic rings. The number of rotatable bonds is 6. The lowest BCUT2D eigenvalue weighted by Crippen LogP contribution is -2.40. The number of nitrogens with one attached hydrogen (secondary N) is 1. The van der Waals surface area contributed by atoms with Crippen LogP contribution in [-0.2, 0) is 16.1 Å². The number of carbonyl (C=O) groups is 1. The van der Waals surface area contributed by atoms with E-state index in [-0.39, 0.29) is 17.9 Å². The molecule has 4 rings (SSSR count). The van der Waals surface area contributed by atoms with E-state index in [1.54, 1.807) is 0 Å². The second-order valence-corrected chi connectivity index (χ2v) is 8.46. The van der Waals surface area contributed by atoms with Gasteiger partial charge in [-0.3, -0.25) is 9.69 Å². The Morgan fingerprint density at radius 3 is 2.33 bits per heavy atom. The fourth-order valence-electron chi connectivity index (χ4n) is 4.40. The van der Waals surface area contributed by atoms with Gasteiger partial charge in [-0.05, 0) is 56.1 Å². The summed E-state index contributed by atoms with van der Waals surface area (Å²) in [5.41, 5.74) is 3.72. The number of likely N-dealkylation sites (tertiary alicyclic amines) is 1. The molecule has 0 bridgehead atoms. The van der Waals surface area contributed by atoms with Gasteiger partial charge in [0.25, 0.3) is 0 Å². The number of hydrogen-bond donors (Lipinski definition) is 1. The van der Waals surface area contributed by atoms with Crippen LogP contribution < -0.4 is 10.2 Å². The first-order chi connectivity index (χ1) is 14.7. The quantitative estimate of drug-likeness (QED) is 0.795. The molecular weight excluding hydrogens is 374 g/mol. The average Bonchev–Trinajstić information content (AvgIpc) is 2.81. The van der Waals surface area contributed by atoms with Crippen molar-refractivity contribution in [1.29, 1.82) is 0 Å². The van der Waals surface area contributed by atoms with Crippen LogP contribution in [0.1, 0.15) is 36.9 Å². The van der Waals surface area contributed by atoms with Gasteiger partial charge in [-0.25, -0.2) is 0 Å². The highest BCUT2D eigenvalue weighted by Crippen LogP contribution is 2.23. The largest absolute Gasteiger partial charge is 0.378 e. The molecule has 0 radical (unpaired) electrons. The van der Waals surface area contributed by atoms with E-state index in [0.29, 0.717) is 0 Å². The molecule has 1 N–H and O–H groups in total. The molecule has 1 unspecified atom stereocenters. The zero-order valence-electron chi connectivity index (χ0n) is 17.9. The molecule has 1 atom stereocenters. The van der Waals surface area contributed by atoms with Gasteiger partial charge in [0.15, 0.2) is 0 Å². The summed E-state index contributed by atoms with van der Waals surface area (Å²) in [5, 5.41) is 3.24. The molecule has 0 spiro atoms. The van der Waals surface area contributed by atoms with Gasteiger partial charge < -0.3 is 15.0 Å². The highest BCUT2D eigenvalue weighted by molar-refractivity contribution is 5.79. The van der Waals surface area contributed by atoms with Crippen LogP contribution in [0, 0.1) is 5.92 Å². The average molecular weight is 408 g/mol. The van der Waals surface area contributed by atoms with Gasteiger partial charge >= 0.3 is 0 Å². The SMILES string of the molecule is CC(NC(=O)C1CCN(Cc2ccccc2)CC1)c1ccc(N2CCOCC2)cc1. The predicted molar refractivity (Wildman–Crippen MR) is 120 cm³/mol. The molecule has 160 valence electrons. The third-order valence-corrected chi connectivity index (χ3v) is 6.34. The highest BCUT2D eigenvalue weighted by atomic mass is 16.5. The number of hydrogen-bond acceptors (Lipinski definition) is 4. The van der Waals surface area contributed by atoms with Gasteiger partial charge in [0.05, 0.1) is 19.3 Å². The van der Waals surface area contributed by atoms with E-state index < -0.39 is 0 Å². The van der Waals surface area contributed by atoms with Crippen molar-refractivity contribution in [3.63, 3.8) is 0 Å². The summed E-state index contributed by atoms with van der Waals surface area (Å²) in [4.78, 5) is 17.6. The molecule has 2 aliphatic heterocycles. The summed E-state index contributed by atoms with van der Waals surface area (Å²) >= 11 is 0. The maximum absolute atomic E-state index is 12.8. The second-order valence-electron chi connectivity index (χ2n) is 8.46. The molecule has 2 saturated heterocycles. The minimum atomic E-state index is 0.0265. The number of carbonyl (C=O) groups excluding carboxylic acids is 1. The molecule has 2 aromatic carbocycles. The van der Waals surface area contributed by atoms with Gasteiger partial charge in [0.2, 0.25) is 5.91 Å². The van der Waals surface area contributed by atoms with Crippen LogP contribution in [0.5, 0.6) is 0 Å². The Balaban J connectivity index is 1.24. The van der Waals surface area contributed by atoms with Crippen LogP contribution in [0.15, 0.2) is 54.6 Å². The van der Waals surface area contributed by atoms with E-state index in [1.807, 2.05) is 0 Å². The maximum Gasteiger partial charge on any atom is 0.223 e. The van der Waals surface area contributed by atoms with E-state index in [9.17, 15) is 4.79 Å². The van der Waals surface area contributed by atoms with Gasteiger partial charge in [0.1, 0.15) is 0 Å². The van der Waals surface area contributed by atoms with Gasteiger partial charge in [0, 0.05) is 31.2 Å². The summed E-state index contributed by atoms with van der Waals surface area (Å²) < 4.78 is 5.43. The van der Waals surface area contributed by atoms with Crippen molar-refractivity contribution in [3.8, 4) is 0 Å². The van der Waals surface area contributed by atoms with E-state index in [1.165, 1.54) is 11.3 Å². The second kappa shape index (κ2) is 10.1. The van der Waals surface area contributed by atoms with Crippen molar-refractivity contribution in [1.82, 2.24) is 10.2 Å². The van der Waals surface area contributed by atoms with E-state index >= 15 is 0 Å². The summed E-state index contributed by atoms with van der Waals surface area (Å²) in [6.07, 6.45) is 1.86. The van der Waals surface area contributed by atoms with Crippen LogP contribution in [0.2, 0.25) is 0 Å². The van der Waals surface area contributed by atoms with E-state index in [2.05, 4.69) is 76.6 Å². The van der Waals surface area contributed by atoms with Crippen LogP contribution in [0.4, 0.5) is 5.69 Å². The molecule has 0 saturated carbocycles. The summed E-state index contributed by atoms with van der Waals surface area (Å²) in [7, 11) is 0.